The lowest BCUT2D eigenvalue weighted by Gasteiger charge is -2.24. The smallest absolute Gasteiger partial charge is 0.205 e. The van der Waals surface area contributed by atoms with E-state index in [0.29, 0.717) is 6.04 Å². The quantitative estimate of drug-likeness (QED) is 0.754. The standard InChI is InChI=1S/C10H20N4OS/c1-8(2)14(5-4-6-15)7-9-12-13-10(11-3)16-9/h8,15H,4-7H2,1-3H3,(H,11,13). The minimum absolute atomic E-state index is 0.237. The van der Waals surface area contributed by atoms with Gasteiger partial charge in [-0.2, -0.15) is 0 Å². The number of anilines is 1. The van der Waals surface area contributed by atoms with Gasteiger partial charge in [-0.1, -0.05) is 11.3 Å². The fourth-order valence-corrected chi connectivity index (χ4v) is 2.10. The third kappa shape index (κ3) is 4.03. The van der Waals surface area contributed by atoms with Crippen molar-refractivity contribution in [2.75, 3.05) is 25.5 Å². The van der Waals surface area contributed by atoms with Crippen LogP contribution < -0.4 is 5.32 Å². The van der Waals surface area contributed by atoms with Gasteiger partial charge in [0.15, 0.2) is 0 Å². The fraction of sp³-hybridized carbons (Fsp3) is 0.800. The molecule has 6 heteroatoms. The Bertz CT molecular complexity index is 303. The highest BCUT2D eigenvalue weighted by Crippen LogP contribution is 2.17. The Hall–Kier alpha value is -0.720. The summed E-state index contributed by atoms with van der Waals surface area (Å²) in [5.41, 5.74) is 0. The molecule has 1 heterocycles. The molecule has 0 atom stereocenters. The number of hydrogen-bond donors (Lipinski definition) is 2. The maximum absolute atomic E-state index is 8.84. The number of hydrogen-bond acceptors (Lipinski definition) is 6. The van der Waals surface area contributed by atoms with Gasteiger partial charge in [-0.15, -0.1) is 10.2 Å². The number of rotatable bonds is 7. The molecule has 0 aliphatic rings. The maximum Gasteiger partial charge on any atom is 0.205 e. The molecule has 0 aromatic carbocycles. The molecular formula is C10H20N4OS. The average molecular weight is 244 g/mol. The van der Waals surface area contributed by atoms with Gasteiger partial charge in [-0.05, 0) is 20.3 Å². The van der Waals surface area contributed by atoms with Crippen LogP contribution in [-0.2, 0) is 6.54 Å². The zero-order chi connectivity index (χ0) is 12.0. The van der Waals surface area contributed by atoms with Crippen LogP contribution in [0.2, 0.25) is 0 Å². The van der Waals surface area contributed by atoms with E-state index in [1.807, 2.05) is 7.05 Å². The predicted octanol–water partition coefficient (Wildman–Crippen LogP) is 1.17. The van der Waals surface area contributed by atoms with E-state index in [1.165, 1.54) is 0 Å². The van der Waals surface area contributed by atoms with Crippen molar-refractivity contribution in [2.24, 2.45) is 0 Å². The van der Waals surface area contributed by atoms with E-state index in [4.69, 9.17) is 5.11 Å². The second-order valence-corrected chi connectivity index (χ2v) is 4.95. The molecule has 1 aromatic rings. The van der Waals surface area contributed by atoms with Crippen LogP contribution in [0.5, 0.6) is 0 Å². The van der Waals surface area contributed by atoms with Crippen molar-refractivity contribution in [3.63, 3.8) is 0 Å². The summed E-state index contributed by atoms with van der Waals surface area (Å²) in [6.45, 7) is 6.23. The lowest BCUT2D eigenvalue weighted by atomic mass is 10.3. The molecule has 16 heavy (non-hydrogen) atoms. The molecule has 0 saturated heterocycles. The fourth-order valence-electron chi connectivity index (χ4n) is 1.39. The van der Waals surface area contributed by atoms with Gasteiger partial charge in [0.2, 0.25) is 5.13 Å². The van der Waals surface area contributed by atoms with Gasteiger partial charge in [0.25, 0.3) is 0 Å². The summed E-state index contributed by atoms with van der Waals surface area (Å²) < 4.78 is 0. The van der Waals surface area contributed by atoms with Crippen molar-refractivity contribution >= 4 is 16.5 Å². The summed E-state index contributed by atoms with van der Waals surface area (Å²) in [5, 5.41) is 21.8. The zero-order valence-corrected chi connectivity index (χ0v) is 10.9. The largest absolute Gasteiger partial charge is 0.396 e. The van der Waals surface area contributed by atoms with E-state index in [0.717, 1.165) is 29.6 Å². The van der Waals surface area contributed by atoms with Crippen LogP contribution in [0.25, 0.3) is 0 Å². The molecule has 0 aliphatic carbocycles. The van der Waals surface area contributed by atoms with Gasteiger partial charge in [0.1, 0.15) is 5.01 Å². The summed E-state index contributed by atoms with van der Waals surface area (Å²) in [4.78, 5) is 2.29. The van der Waals surface area contributed by atoms with Crippen LogP contribution in [0.3, 0.4) is 0 Å². The van der Waals surface area contributed by atoms with Crippen molar-refractivity contribution in [3.8, 4) is 0 Å². The minimum Gasteiger partial charge on any atom is -0.396 e. The molecule has 0 spiro atoms. The molecule has 0 fully saturated rings. The van der Waals surface area contributed by atoms with Gasteiger partial charge in [-0.25, -0.2) is 0 Å². The summed E-state index contributed by atoms with van der Waals surface area (Å²) in [6.07, 6.45) is 0.801. The van der Waals surface area contributed by atoms with Gasteiger partial charge in [-0.3, -0.25) is 4.90 Å². The first-order valence-corrected chi connectivity index (χ1v) is 6.34. The van der Waals surface area contributed by atoms with Crippen LogP contribution in [0.1, 0.15) is 25.3 Å². The van der Waals surface area contributed by atoms with E-state index in [-0.39, 0.29) is 6.61 Å². The number of aromatic nitrogens is 2. The van der Waals surface area contributed by atoms with Crippen molar-refractivity contribution in [2.45, 2.75) is 32.9 Å². The average Bonchev–Trinajstić information content (AvgIpc) is 2.71. The molecule has 92 valence electrons. The van der Waals surface area contributed by atoms with Crippen LogP contribution in [0.15, 0.2) is 0 Å². The Morgan fingerprint density at radius 2 is 2.19 bits per heavy atom. The van der Waals surface area contributed by atoms with Gasteiger partial charge in [0.05, 0.1) is 6.54 Å². The van der Waals surface area contributed by atoms with Gasteiger partial charge in [0, 0.05) is 26.2 Å². The molecule has 0 aliphatic heterocycles. The van der Waals surface area contributed by atoms with E-state index < -0.39 is 0 Å². The third-order valence-corrected chi connectivity index (χ3v) is 3.28. The summed E-state index contributed by atoms with van der Waals surface area (Å²) in [7, 11) is 1.84. The van der Waals surface area contributed by atoms with Gasteiger partial charge < -0.3 is 10.4 Å². The monoisotopic (exact) mass is 244 g/mol. The van der Waals surface area contributed by atoms with Crippen LogP contribution in [-0.4, -0.2) is 46.4 Å². The molecular weight excluding hydrogens is 224 g/mol. The molecule has 0 saturated carbocycles. The highest BCUT2D eigenvalue weighted by Gasteiger charge is 2.12. The summed E-state index contributed by atoms with van der Waals surface area (Å²) >= 11 is 1.57. The first-order valence-electron chi connectivity index (χ1n) is 5.52. The van der Waals surface area contributed by atoms with Crippen molar-refractivity contribution in [1.82, 2.24) is 15.1 Å². The number of nitrogens with one attached hydrogen (secondary N) is 1. The van der Waals surface area contributed by atoms with Crippen molar-refractivity contribution in [3.05, 3.63) is 5.01 Å². The topological polar surface area (TPSA) is 61.3 Å². The normalized spacial score (nSPS) is 11.4. The number of aliphatic hydroxyl groups excluding tert-OH is 1. The van der Waals surface area contributed by atoms with E-state index >= 15 is 0 Å². The lowest BCUT2D eigenvalue weighted by molar-refractivity contribution is 0.184. The summed E-state index contributed by atoms with van der Waals surface area (Å²) in [6, 6.07) is 0.452. The van der Waals surface area contributed by atoms with Crippen molar-refractivity contribution < 1.29 is 5.11 Å². The third-order valence-electron chi connectivity index (χ3n) is 2.35. The van der Waals surface area contributed by atoms with E-state index in [2.05, 4.69) is 34.3 Å². The number of nitrogens with zero attached hydrogens (tertiary/aromatic N) is 3. The predicted molar refractivity (Wildman–Crippen MR) is 66.7 cm³/mol. The lowest BCUT2D eigenvalue weighted by Crippen LogP contribution is -2.31. The molecule has 0 unspecified atom stereocenters. The molecule has 0 amide bonds. The van der Waals surface area contributed by atoms with E-state index in [1.54, 1.807) is 11.3 Å². The first-order chi connectivity index (χ1) is 7.67. The van der Waals surface area contributed by atoms with Crippen LogP contribution in [0.4, 0.5) is 5.13 Å². The summed E-state index contributed by atoms with van der Waals surface area (Å²) in [5.74, 6) is 0. The van der Waals surface area contributed by atoms with Crippen LogP contribution >= 0.6 is 11.3 Å². The van der Waals surface area contributed by atoms with Gasteiger partial charge >= 0.3 is 0 Å². The second-order valence-electron chi connectivity index (χ2n) is 3.89. The Kier molecular flexibility index (Phi) is 5.65. The molecule has 5 nitrogen and oxygen atoms in total. The Balaban J connectivity index is 2.53. The van der Waals surface area contributed by atoms with Crippen LogP contribution in [0, 0.1) is 0 Å². The molecule has 1 rings (SSSR count). The maximum atomic E-state index is 8.84. The second kappa shape index (κ2) is 6.78. The number of aliphatic hydroxyl groups is 1. The molecule has 0 radical (unpaired) electrons. The SMILES string of the molecule is CNc1nnc(CN(CCCO)C(C)C)s1. The molecule has 1 aromatic heterocycles. The molecule has 2 N–H and O–H groups in total. The minimum atomic E-state index is 0.237. The highest BCUT2D eigenvalue weighted by molar-refractivity contribution is 7.15. The molecule has 0 bridgehead atoms. The van der Waals surface area contributed by atoms with Crippen molar-refractivity contribution in [1.29, 1.82) is 0 Å². The first kappa shape index (κ1) is 13.3. The van der Waals surface area contributed by atoms with E-state index in [9.17, 15) is 0 Å². The zero-order valence-electron chi connectivity index (χ0n) is 10.1. The Labute approximate surface area is 101 Å². The highest BCUT2D eigenvalue weighted by atomic mass is 32.1. The Morgan fingerprint density at radius 3 is 2.69 bits per heavy atom. The Morgan fingerprint density at radius 1 is 1.44 bits per heavy atom.